The van der Waals surface area contributed by atoms with Crippen LogP contribution in [-0.2, 0) is 0 Å². The van der Waals surface area contributed by atoms with E-state index in [2.05, 4.69) is 6.07 Å². The zero-order valence-corrected chi connectivity index (χ0v) is 7.16. The van der Waals surface area contributed by atoms with Gasteiger partial charge < -0.3 is 9.84 Å². The number of hydrogen-bond acceptors (Lipinski definition) is 2. The molecule has 0 fully saturated rings. The van der Waals surface area contributed by atoms with E-state index in [0.717, 1.165) is 5.56 Å². The molecule has 0 saturated heterocycles. The van der Waals surface area contributed by atoms with Crippen molar-refractivity contribution in [3.8, 4) is 11.5 Å². The average Bonchev–Trinajstić information content (AvgIpc) is 2.09. The van der Waals surface area contributed by atoms with Gasteiger partial charge in [-0.1, -0.05) is 18.2 Å². The van der Waals surface area contributed by atoms with Gasteiger partial charge in [-0.25, -0.2) is 0 Å². The fraction of sp³-hybridized carbons (Fsp3) is 0.200. The maximum atomic E-state index is 9.22. The Bertz CT molecular complexity index is 290. The lowest BCUT2D eigenvalue weighted by molar-refractivity contribution is 0.372. The highest BCUT2D eigenvalue weighted by atomic mass is 16.5. The standard InChI is InChI=1S/C10H11O2/c1-3-4-8-5-6-9(11)10(7-8)12-2/h3-6,11H,1-2H3. The Hall–Kier alpha value is -1.44. The van der Waals surface area contributed by atoms with Gasteiger partial charge in [0, 0.05) is 6.07 Å². The van der Waals surface area contributed by atoms with Crippen LogP contribution in [-0.4, -0.2) is 12.2 Å². The van der Waals surface area contributed by atoms with Crippen molar-refractivity contribution in [3.63, 3.8) is 0 Å². The predicted octanol–water partition coefficient (Wildman–Crippen LogP) is 2.23. The van der Waals surface area contributed by atoms with Crippen molar-refractivity contribution in [2.75, 3.05) is 7.11 Å². The van der Waals surface area contributed by atoms with Gasteiger partial charge in [-0.2, -0.15) is 0 Å². The molecule has 0 aliphatic rings. The Labute approximate surface area is 72.1 Å². The van der Waals surface area contributed by atoms with Crippen LogP contribution in [0.15, 0.2) is 18.2 Å². The van der Waals surface area contributed by atoms with Gasteiger partial charge in [0.1, 0.15) is 0 Å². The maximum absolute atomic E-state index is 9.22. The van der Waals surface area contributed by atoms with E-state index in [-0.39, 0.29) is 5.75 Å². The van der Waals surface area contributed by atoms with E-state index in [0.29, 0.717) is 5.75 Å². The monoisotopic (exact) mass is 163 g/mol. The summed E-state index contributed by atoms with van der Waals surface area (Å²) in [5.41, 5.74) is 0.896. The summed E-state index contributed by atoms with van der Waals surface area (Å²) >= 11 is 0. The number of methoxy groups -OCH3 is 1. The predicted molar refractivity (Wildman–Crippen MR) is 48.2 cm³/mol. The quantitative estimate of drug-likeness (QED) is 0.724. The maximum Gasteiger partial charge on any atom is 0.169 e. The number of ether oxygens (including phenoxy) is 1. The Kier molecular flexibility index (Phi) is 2.75. The summed E-state index contributed by atoms with van der Waals surface area (Å²) in [5.74, 6) is 0.497. The molecule has 0 saturated carbocycles. The van der Waals surface area contributed by atoms with Crippen molar-refractivity contribution in [3.05, 3.63) is 29.8 Å². The van der Waals surface area contributed by atoms with Gasteiger partial charge in [-0.05, 0) is 18.6 Å². The molecule has 0 aromatic heterocycles. The van der Waals surface area contributed by atoms with E-state index < -0.39 is 0 Å². The van der Waals surface area contributed by atoms with Crippen LogP contribution < -0.4 is 4.74 Å². The number of hydrogen-bond donors (Lipinski definition) is 1. The highest BCUT2D eigenvalue weighted by Gasteiger charge is 2.00. The Morgan fingerprint density at radius 1 is 1.50 bits per heavy atom. The van der Waals surface area contributed by atoms with E-state index in [4.69, 9.17) is 4.74 Å². The minimum Gasteiger partial charge on any atom is -0.504 e. The van der Waals surface area contributed by atoms with Crippen LogP contribution >= 0.6 is 0 Å². The summed E-state index contributed by atoms with van der Waals surface area (Å²) in [6.45, 7) is 1.92. The van der Waals surface area contributed by atoms with Crippen molar-refractivity contribution >= 4 is 6.08 Å². The fourth-order valence-electron chi connectivity index (χ4n) is 0.914. The lowest BCUT2D eigenvalue weighted by Crippen LogP contribution is -1.84. The van der Waals surface area contributed by atoms with Gasteiger partial charge in [0.05, 0.1) is 7.11 Å². The van der Waals surface area contributed by atoms with E-state index in [1.807, 2.05) is 19.1 Å². The summed E-state index contributed by atoms with van der Waals surface area (Å²) in [4.78, 5) is 0. The summed E-state index contributed by atoms with van der Waals surface area (Å²) < 4.78 is 4.89. The smallest absolute Gasteiger partial charge is 0.169 e. The molecule has 0 heterocycles. The number of benzene rings is 1. The summed E-state index contributed by atoms with van der Waals surface area (Å²) in [6.07, 6.45) is 3.80. The van der Waals surface area contributed by atoms with Crippen LogP contribution in [0.4, 0.5) is 0 Å². The third-order valence-electron chi connectivity index (χ3n) is 1.46. The summed E-state index contributed by atoms with van der Waals surface area (Å²) in [6, 6.07) is 6.27. The number of phenolic OH excluding ortho intramolecular Hbond substituents is 1. The van der Waals surface area contributed by atoms with Crippen LogP contribution in [0.3, 0.4) is 0 Å². The number of aromatic hydroxyl groups is 1. The van der Waals surface area contributed by atoms with E-state index in [9.17, 15) is 5.11 Å². The number of allylic oxidation sites excluding steroid dienone is 1. The largest absolute Gasteiger partial charge is 0.504 e. The summed E-state index contributed by atoms with van der Waals surface area (Å²) in [5, 5.41) is 9.22. The molecule has 2 nitrogen and oxygen atoms in total. The molecule has 0 aliphatic carbocycles. The topological polar surface area (TPSA) is 29.5 Å². The van der Waals surface area contributed by atoms with E-state index >= 15 is 0 Å². The third kappa shape index (κ3) is 1.78. The molecule has 1 N–H and O–H groups in total. The van der Waals surface area contributed by atoms with E-state index in [1.165, 1.54) is 7.11 Å². The first-order chi connectivity index (χ1) is 5.77. The van der Waals surface area contributed by atoms with E-state index in [1.54, 1.807) is 12.1 Å². The second-order valence-corrected chi connectivity index (χ2v) is 2.33. The first-order valence-electron chi connectivity index (χ1n) is 3.70. The van der Waals surface area contributed by atoms with Crippen LogP contribution in [0, 0.1) is 6.07 Å². The Balaban J connectivity index is 3.05. The molecule has 1 aromatic carbocycles. The SMILES string of the molecule is CC=Cc1[c]c(OC)c(O)cc1. The van der Waals surface area contributed by atoms with Crippen LogP contribution in [0.5, 0.6) is 11.5 Å². The molecule has 0 aliphatic heterocycles. The molecular formula is C10H11O2. The molecule has 1 radical (unpaired) electrons. The lowest BCUT2D eigenvalue weighted by atomic mass is 10.2. The second-order valence-electron chi connectivity index (χ2n) is 2.33. The van der Waals surface area contributed by atoms with Gasteiger partial charge in [0.15, 0.2) is 11.5 Å². The molecule has 63 valence electrons. The van der Waals surface area contributed by atoms with Gasteiger partial charge in [0.2, 0.25) is 0 Å². The number of rotatable bonds is 2. The van der Waals surface area contributed by atoms with Gasteiger partial charge in [-0.15, -0.1) is 0 Å². The summed E-state index contributed by atoms with van der Waals surface area (Å²) in [7, 11) is 1.50. The molecule has 0 spiro atoms. The van der Waals surface area contributed by atoms with Gasteiger partial charge in [0.25, 0.3) is 0 Å². The highest BCUT2D eigenvalue weighted by Crippen LogP contribution is 2.25. The van der Waals surface area contributed by atoms with Crippen LogP contribution in [0.2, 0.25) is 0 Å². The lowest BCUT2D eigenvalue weighted by Gasteiger charge is -2.02. The minimum atomic E-state index is 0.116. The fourth-order valence-corrected chi connectivity index (χ4v) is 0.914. The highest BCUT2D eigenvalue weighted by molar-refractivity contribution is 5.54. The third-order valence-corrected chi connectivity index (χ3v) is 1.46. The molecule has 12 heavy (non-hydrogen) atoms. The van der Waals surface area contributed by atoms with Crippen molar-refractivity contribution < 1.29 is 9.84 Å². The Morgan fingerprint density at radius 2 is 2.25 bits per heavy atom. The zero-order chi connectivity index (χ0) is 8.97. The minimum absolute atomic E-state index is 0.116. The van der Waals surface area contributed by atoms with Crippen molar-refractivity contribution in [1.82, 2.24) is 0 Å². The van der Waals surface area contributed by atoms with Gasteiger partial charge >= 0.3 is 0 Å². The number of phenols is 1. The molecule has 1 aromatic rings. The first-order valence-corrected chi connectivity index (χ1v) is 3.70. The Morgan fingerprint density at radius 3 is 2.83 bits per heavy atom. The van der Waals surface area contributed by atoms with Gasteiger partial charge in [-0.3, -0.25) is 0 Å². The van der Waals surface area contributed by atoms with Crippen molar-refractivity contribution in [2.45, 2.75) is 6.92 Å². The molecule has 0 amide bonds. The molecular weight excluding hydrogens is 152 g/mol. The van der Waals surface area contributed by atoms with Crippen LogP contribution in [0.1, 0.15) is 12.5 Å². The average molecular weight is 163 g/mol. The molecule has 0 unspecified atom stereocenters. The van der Waals surface area contributed by atoms with Crippen molar-refractivity contribution in [2.24, 2.45) is 0 Å². The van der Waals surface area contributed by atoms with Crippen LogP contribution in [0.25, 0.3) is 6.08 Å². The zero-order valence-electron chi connectivity index (χ0n) is 7.16. The molecule has 0 atom stereocenters. The first kappa shape index (κ1) is 8.65. The second kappa shape index (κ2) is 3.81. The molecule has 1 rings (SSSR count). The molecule has 0 bridgehead atoms. The normalized spacial score (nSPS) is 10.5. The molecule has 2 heteroatoms. The van der Waals surface area contributed by atoms with Crippen molar-refractivity contribution in [1.29, 1.82) is 0 Å².